The van der Waals surface area contributed by atoms with Gasteiger partial charge in [0.25, 0.3) is 0 Å². The molecule has 1 atom stereocenters. The SMILES string of the molecule is Cc1cc(F)ccc1N1CCC(N2CCOCC(CN(C)C)C2)CC1. The third-order valence-corrected chi connectivity index (χ3v) is 5.47. The molecule has 0 spiro atoms. The largest absolute Gasteiger partial charge is 0.380 e. The van der Waals surface area contributed by atoms with Gasteiger partial charge < -0.3 is 14.5 Å². The van der Waals surface area contributed by atoms with E-state index in [0.29, 0.717) is 12.0 Å². The average molecular weight is 349 g/mol. The first-order chi connectivity index (χ1) is 12.0. The van der Waals surface area contributed by atoms with Crippen LogP contribution in [0.3, 0.4) is 0 Å². The molecular weight excluding hydrogens is 317 g/mol. The second-order valence-corrected chi connectivity index (χ2v) is 7.85. The van der Waals surface area contributed by atoms with Crippen LogP contribution in [0.1, 0.15) is 18.4 Å². The van der Waals surface area contributed by atoms with Gasteiger partial charge in [-0.3, -0.25) is 4.90 Å². The molecule has 1 unspecified atom stereocenters. The molecular formula is C20H32FN3O. The molecule has 25 heavy (non-hydrogen) atoms. The molecule has 0 bridgehead atoms. The van der Waals surface area contributed by atoms with Gasteiger partial charge in [-0.1, -0.05) is 0 Å². The Morgan fingerprint density at radius 2 is 1.96 bits per heavy atom. The fraction of sp³-hybridized carbons (Fsp3) is 0.700. The van der Waals surface area contributed by atoms with Crippen LogP contribution in [0.15, 0.2) is 18.2 Å². The van der Waals surface area contributed by atoms with Gasteiger partial charge in [0.2, 0.25) is 0 Å². The topological polar surface area (TPSA) is 19.0 Å². The highest BCUT2D eigenvalue weighted by Gasteiger charge is 2.28. The van der Waals surface area contributed by atoms with E-state index in [1.54, 1.807) is 12.1 Å². The van der Waals surface area contributed by atoms with E-state index < -0.39 is 0 Å². The third kappa shape index (κ3) is 4.93. The number of piperidine rings is 1. The van der Waals surface area contributed by atoms with Crippen LogP contribution in [-0.2, 0) is 4.74 Å². The molecule has 0 amide bonds. The summed E-state index contributed by atoms with van der Waals surface area (Å²) in [6.07, 6.45) is 2.34. The fourth-order valence-electron chi connectivity index (χ4n) is 4.31. The van der Waals surface area contributed by atoms with E-state index in [1.165, 1.54) is 18.5 Å². The maximum atomic E-state index is 13.3. The number of rotatable bonds is 4. The number of aryl methyl sites for hydroxylation is 1. The molecule has 2 fully saturated rings. The molecule has 2 saturated heterocycles. The first-order valence-corrected chi connectivity index (χ1v) is 9.50. The predicted molar refractivity (Wildman–Crippen MR) is 101 cm³/mol. The standard InChI is InChI=1S/C20H32FN3O/c1-16-12-18(21)4-5-20(16)23-8-6-19(7-9-23)24-10-11-25-15-17(14-24)13-22(2)3/h4-5,12,17,19H,6-11,13-15H2,1-3H3. The zero-order valence-corrected chi connectivity index (χ0v) is 15.9. The highest BCUT2D eigenvalue weighted by molar-refractivity contribution is 5.53. The van der Waals surface area contributed by atoms with Crippen molar-refractivity contribution >= 4 is 5.69 Å². The lowest BCUT2D eigenvalue weighted by atomic mass is 10.00. The van der Waals surface area contributed by atoms with Crippen LogP contribution in [0.5, 0.6) is 0 Å². The van der Waals surface area contributed by atoms with E-state index in [1.807, 2.05) is 13.0 Å². The lowest BCUT2D eigenvalue weighted by Gasteiger charge is -2.40. The summed E-state index contributed by atoms with van der Waals surface area (Å²) in [4.78, 5) is 7.32. The summed E-state index contributed by atoms with van der Waals surface area (Å²) in [6.45, 7) is 9.10. The number of benzene rings is 1. The second-order valence-electron chi connectivity index (χ2n) is 7.85. The number of halogens is 1. The van der Waals surface area contributed by atoms with Gasteiger partial charge in [-0.15, -0.1) is 0 Å². The van der Waals surface area contributed by atoms with Crippen molar-refractivity contribution in [3.63, 3.8) is 0 Å². The van der Waals surface area contributed by atoms with Crippen molar-refractivity contribution in [2.75, 3.05) is 64.9 Å². The van der Waals surface area contributed by atoms with Crippen LogP contribution < -0.4 is 4.90 Å². The molecule has 0 N–H and O–H groups in total. The Hall–Kier alpha value is -1.17. The fourth-order valence-corrected chi connectivity index (χ4v) is 4.31. The van der Waals surface area contributed by atoms with Gasteiger partial charge >= 0.3 is 0 Å². The van der Waals surface area contributed by atoms with Gasteiger partial charge in [-0.2, -0.15) is 0 Å². The van der Waals surface area contributed by atoms with Crippen molar-refractivity contribution in [3.05, 3.63) is 29.6 Å². The highest BCUT2D eigenvalue weighted by Crippen LogP contribution is 2.27. The van der Waals surface area contributed by atoms with Crippen LogP contribution >= 0.6 is 0 Å². The van der Waals surface area contributed by atoms with E-state index in [-0.39, 0.29) is 5.82 Å². The van der Waals surface area contributed by atoms with Gasteiger partial charge in [-0.05, 0) is 57.6 Å². The Morgan fingerprint density at radius 3 is 2.64 bits per heavy atom. The predicted octanol–water partition coefficient (Wildman–Crippen LogP) is 2.61. The van der Waals surface area contributed by atoms with Crippen LogP contribution in [0.2, 0.25) is 0 Å². The molecule has 140 valence electrons. The van der Waals surface area contributed by atoms with E-state index in [2.05, 4.69) is 28.8 Å². The molecule has 0 radical (unpaired) electrons. The summed E-state index contributed by atoms with van der Waals surface area (Å²) in [5.74, 6) is 0.447. The molecule has 5 heteroatoms. The summed E-state index contributed by atoms with van der Waals surface area (Å²) in [5, 5.41) is 0. The quantitative estimate of drug-likeness (QED) is 0.832. The second kappa shape index (κ2) is 8.47. The molecule has 4 nitrogen and oxygen atoms in total. The van der Waals surface area contributed by atoms with Gasteiger partial charge in [0.1, 0.15) is 5.82 Å². The average Bonchev–Trinajstić information content (AvgIpc) is 2.80. The number of ether oxygens (including phenoxy) is 1. The molecule has 2 heterocycles. The lowest BCUT2D eigenvalue weighted by molar-refractivity contribution is 0.112. The van der Waals surface area contributed by atoms with Crippen molar-refractivity contribution in [1.82, 2.24) is 9.80 Å². The Balaban J connectivity index is 1.57. The summed E-state index contributed by atoms with van der Waals surface area (Å²) < 4.78 is 19.2. The van der Waals surface area contributed by atoms with E-state index >= 15 is 0 Å². The normalized spacial score (nSPS) is 23.9. The van der Waals surface area contributed by atoms with Crippen LogP contribution in [0.25, 0.3) is 0 Å². The first-order valence-electron chi connectivity index (χ1n) is 9.50. The first kappa shape index (κ1) is 18.6. The minimum absolute atomic E-state index is 0.146. The molecule has 0 aliphatic carbocycles. The van der Waals surface area contributed by atoms with Gasteiger partial charge in [-0.25, -0.2) is 4.39 Å². The number of anilines is 1. The van der Waals surface area contributed by atoms with Gasteiger partial charge in [0.15, 0.2) is 0 Å². The zero-order valence-electron chi connectivity index (χ0n) is 15.9. The maximum Gasteiger partial charge on any atom is 0.123 e. The third-order valence-electron chi connectivity index (χ3n) is 5.47. The number of hydrogen-bond donors (Lipinski definition) is 0. The molecule has 2 aliphatic rings. The van der Waals surface area contributed by atoms with Crippen LogP contribution in [0, 0.1) is 18.7 Å². The zero-order chi connectivity index (χ0) is 17.8. The van der Waals surface area contributed by atoms with E-state index in [4.69, 9.17) is 4.74 Å². The monoisotopic (exact) mass is 349 g/mol. The van der Waals surface area contributed by atoms with Crippen molar-refractivity contribution < 1.29 is 9.13 Å². The van der Waals surface area contributed by atoms with Crippen molar-refractivity contribution in [1.29, 1.82) is 0 Å². The van der Waals surface area contributed by atoms with Crippen LogP contribution in [0.4, 0.5) is 10.1 Å². The smallest absolute Gasteiger partial charge is 0.123 e. The van der Waals surface area contributed by atoms with Gasteiger partial charge in [0.05, 0.1) is 13.2 Å². The summed E-state index contributed by atoms with van der Waals surface area (Å²) in [6, 6.07) is 5.78. The molecule has 1 aromatic rings. The molecule has 2 aliphatic heterocycles. The molecule has 3 rings (SSSR count). The van der Waals surface area contributed by atoms with E-state index in [0.717, 1.165) is 51.5 Å². The minimum Gasteiger partial charge on any atom is -0.380 e. The minimum atomic E-state index is -0.146. The summed E-state index contributed by atoms with van der Waals surface area (Å²) in [7, 11) is 4.28. The summed E-state index contributed by atoms with van der Waals surface area (Å²) >= 11 is 0. The highest BCUT2D eigenvalue weighted by atomic mass is 19.1. The van der Waals surface area contributed by atoms with Crippen molar-refractivity contribution in [2.45, 2.75) is 25.8 Å². The number of hydrogen-bond acceptors (Lipinski definition) is 4. The Kier molecular flexibility index (Phi) is 6.31. The molecule has 0 saturated carbocycles. The molecule has 0 aromatic heterocycles. The van der Waals surface area contributed by atoms with Crippen LogP contribution in [-0.4, -0.2) is 75.9 Å². The Morgan fingerprint density at radius 1 is 1.20 bits per heavy atom. The Bertz CT molecular complexity index is 558. The number of nitrogens with zero attached hydrogens (tertiary/aromatic N) is 3. The Labute approximate surface area is 151 Å². The lowest BCUT2D eigenvalue weighted by Crippen LogP contribution is -2.47. The molecule has 1 aromatic carbocycles. The van der Waals surface area contributed by atoms with Crippen molar-refractivity contribution in [2.24, 2.45) is 5.92 Å². The maximum absolute atomic E-state index is 13.3. The van der Waals surface area contributed by atoms with Crippen molar-refractivity contribution in [3.8, 4) is 0 Å². The van der Waals surface area contributed by atoms with E-state index in [9.17, 15) is 4.39 Å². The van der Waals surface area contributed by atoms with Gasteiger partial charge in [0, 0.05) is 50.4 Å². The summed E-state index contributed by atoms with van der Waals surface area (Å²) in [5.41, 5.74) is 2.22.